The Morgan fingerprint density at radius 2 is 1.23 bits per heavy atom. The summed E-state index contributed by atoms with van der Waals surface area (Å²) in [5.74, 6) is -1.68. The zero-order valence-electron chi connectivity index (χ0n) is 33.1. The number of carbonyl (C=O) groups is 1. The van der Waals surface area contributed by atoms with Crippen LogP contribution in [0.5, 0.6) is 0 Å². The molecule has 2 aromatic heterocycles. The monoisotopic (exact) mass is 997 g/mol. The molecule has 2 aromatic carbocycles. The largest absolute Gasteiger partial charge is 0.481 e. The summed E-state index contributed by atoms with van der Waals surface area (Å²) in [5, 5.41) is 9.26. The van der Waals surface area contributed by atoms with Crippen molar-refractivity contribution in [1.82, 2.24) is 0 Å². The molecule has 0 atom stereocenters. The quantitative estimate of drug-likeness (QED) is 0.0449. The van der Waals surface area contributed by atoms with Gasteiger partial charge in [0.15, 0.2) is 5.71 Å². The highest BCUT2D eigenvalue weighted by molar-refractivity contribution is 7.89. The summed E-state index contributed by atoms with van der Waals surface area (Å²) in [6, 6.07) is 4.53. The van der Waals surface area contributed by atoms with E-state index in [0.717, 1.165) is 18.2 Å². The van der Waals surface area contributed by atoms with Crippen molar-refractivity contribution in [1.29, 1.82) is 0 Å². The van der Waals surface area contributed by atoms with Gasteiger partial charge in [-0.3, -0.25) is 27.6 Å². The van der Waals surface area contributed by atoms with Crippen LogP contribution in [0.15, 0.2) is 66.4 Å². The van der Waals surface area contributed by atoms with Crippen LogP contribution in [-0.4, -0.2) is 105 Å². The van der Waals surface area contributed by atoms with Crippen molar-refractivity contribution in [3.63, 3.8) is 0 Å². The summed E-state index contributed by atoms with van der Waals surface area (Å²) in [6.45, 7) is 6.93. The minimum Gasteiger partial charge on any atom is -0.481 e. The summed E-state index contributed by atoms with van der Waals surface area (Å²) >= 11 is 0.830. The molecule has 4 aromatic rings. The predicted octanol–water partition coefficient (Wildman–Crippen LogP) is 5.64. The molecule has 2 aliphatic heterocycles. The number of aliphatic carboxylic acids is 1. The first-order valence-electron chi connectivity index (χ1n) is 18.4. The minimum absolute atomic E-state index is 0.00503. The standard InChI is InChI=1S/C36H40N2O17S7/c1-35(2)22-18-24(59(44,45)46)33-20(16-29(56-33)61(50,51)52)31(22)37(13-7-5-6-12-28(39)40)26(35)10-8-11-27-36(3,4)23-19-25(60(47,48)49)34-21(17-30(57-34)62(53,54)55)32(23)38(27)14-9-15-58(41,42)43/h8,10-11,16-19H,5-7,9,12-15H2,1-4H3,(H5-,39,40,41,42,43,44,45,46,47,48,49,50,51,52,53,54,55)/p+1. The van der Waals surface area contributed by atoms with E-state index in [1.54, 1.807) is 55.4 Å². The molecule has 4 heterocycles. The molecule has 338 valence electrons. The Morgan fingerprint density at radius 3 is 1.74 bits per heavy atom. The molecule has 0 bridgehead atoms. The number of hydrogen-bond acceptors (Lipinski definition) is 14. The zero-order chi connectivity index (χ0) is 46.3. The number of fused-ring (bicyclic) bond motifs is 6. The molecule has 0 spiro atoms. The van der Waals surface area contributed by atoms with Gasteiger partial charge in [-0.1, -0.05) is 26.3 Å². The highest BCUT2D eigenvalue weighted by atomic mass is 32.3. The van der Waals surface area contributed by atoms with Gasteiger partial charge in [0.1, 0.15) is 24.8 Å². The lowest BCUT2D eigenvalue weighted by atomic mass is 9.81. The fourth-order valence-corrected chi connectivity index (χ4v) is 14.1. The van der Waals surface area contributed by atoms with E-state index in [0.29, 0.717) is 64.6 Å². The minimum atomic E-state index is -5.00. The fraction of sp³-hybridized carbons (Fsp3) is 0.389. The van der Waals surface area contributed by atoms with E-state index in [-0.39, 0.29) is 57.4 Å². The summed E-state index contributed by atoms with van der Waals surface area (Å²) in [7, 11) is -24.2. The van der Waals surface area contributed by atoms with Gasteiger partial charge in [-0.05, 0) is 62.6 Å². The third kappa shape index (κ3) is 9.14. The van der Waals surface area contributed by atoms with E-state index < -0.39 is 91.4 Å². The van der Waals surface area contributed by atoms with Gasteiger partial charge in [-0.15, -0.1) is 22.7 Å². The number of carboxylic acids is 1. The van der Waals surface area contributed by atoms with Crippen LogP contribution in [0.25, 0.3) is 20.2 Å². The normalized spacial score (nSPS) is 17.6. The molecule has 6 N–H and O–H groups in total. The molecular formula is C36H41N2O17S7+. The van der Waals surface area contributed by atoms with Crippen LogP contribution in [0.3, 0.4) is 0 Å². The maximum Gasteiger partial charge on any atom is 0.304 e. The van der Waals surface area contributed by atoms with E-state index in [9.17, 15) is 74.8 Å². The molecule has 0 aliphatic carbocycles. The van der Waals surface area contributed by atoms with Crippen LogP contribution in [0.4, 0.5) is 11.4 Å². The van der Waals surface area contributed by atoms with Crippen LogP contribution in [-0.2, 0) is 66.2 Å². The highest BCUT2D eigenvalue weighted by Crippen LogP contribution is 2.54. The van der Waals surface area contributed by atoms with E-state index in [1.165, 1.54) is 6.07 Å². The molecule has 26 heteroatoms. The molecule has 0 saturated heterocycles. The first-order chi connectivity index (χ1) is 28.3. The second kappa shape index (κ2) is 16.1. The highest BCUT2D eigenvalue weighted by Gasteiger charge is 2.48. The van der Waals surface area contributed by atoms with Gasteiger partial charge in [0.05, 0.1) is 31.6 Å². The zero-order valence-corrected chi connectivity index (χ0v) is 38.8. The van der Waals surface area contributed by atoms with Gasteiger partial charge in [0.25, 0.3) is 30.4 Å². The second-order valence-corrected chi connectivity index (χ2v) is 25.5. The van der Waals surface area contributed by atoms with Gasteiger partial charge in [0.2, 0.25) is 5.69 Å². The Morgan fingerprint density at radius 1 is 0.694 bits per heavy atom. The van der Waals surface area contributed by atoms with E-state index in [1.807, 2.05) is 0 Å². The van der Waals surface area contributed by atoms with Gasteiger partial charge in [-0.25, -0.2) is 0 Å². The Bertz CT molecular complexity index is 3250. The van der Waals surface area contributed by atoms with Crippen molar-refractivity contribution in [2.45, 2.75) is 88.8 Å². The second-order valence-electron chi connectivity index (χ2n) is 15.8. The van der Waals surface area contributed by atoms with Crippen LogP contribution < -0.4 is 4.90 Å². The maximum absolute atomic E-state index is 12.7. The average molecular weight is 998 g/mol. The molecule has 0 unspecified atom stereocenters. The first-order valence-corrected chi connectivity index (χ1v) is 27.4. The third-order valence-corrected chi connectivity index (χ3v) is 18.6. The van der Waals surface area contributed by atoms with Crippen molar-refractivity contribution in [3.05, 3.63) is 59.3 Å². The van der Waals surface area contributed by atoms with E-state index in [2.05, 4.69) is 0 Å². The van der Waals surface area contributed by atoms with Crippen LogP contribution >= 0.6 is 22.7 Å². The molecule has 6 rings (SSSR count). The number of nitrogens with zero attached hydrogens (tertiary/aromatic N) is 2. The molecule has 0 saturated carbocycles. The Hall–Kier alpha value is -3.67. The summed E-state index contributed by atoms with van der Waals surface area (Å²) in [6.07, 6.45) is 5.75. The summed E-state index contributed by atoms with van der Waals surface area (Å²) < 4.78 is 174. The number of rotatable bonds is 16. The van der Waals surface area contributed by atoms with Crippen molar-refractivity contribution in [3.8, 4) is 0 Å². The number of carboxylic acid groups (broad SMARTS) is 1. The third-order valence-electron chi connectivity index (χ3n) is 10.8. The Labute approximate surface area is 365 Å². The Kier molecular flexibility index (Phi) is 12.4. The summed E-state index contributed by atoms with van der Waals surface area (Å²) in [4.78, 5) is 11.8. The lowest BCUT2D eigenvalue weighted by molar-refractivity contribution is -0.435. The molecule has 62 heavy (non-hydrogen) atoms. The number of allylic oxidation sites excluding steroid dienone is 4. The smallest absolute Gasteiger partial charge is 0.304 e. The molecule has 0 radical (unpaired) electrons. The van der Waals surface area contributed by atoms with E-state index in [4.69, 9.17) is 0 Å². The van der Waals surface area contributed by atoms with Crippen molar-refractivity contribution >= 4 is 116 Å². The molecule has 0 fully saturated rings. The van der Waals surface area contributed by atoms with Crippen molar-refractivity contribution in [2.24, 2.45) is 0 Å². The van der Waals surface area contributed by atoms with Gasteiger partial charge in [-0.2, -0.15) is 46.7 Å². The number of thiophene rings is 2. The summed E-state index contributed by atoms with van der Waals surface area (Å²) in [5.41, 5.74) is -0.155. The molecule has 19 nitrogen and oxygen atoms in total. The lowest BCUT2D eigenvalue weighted by Crippen LogP contribution is -2.29. The van der Waals surface area contributed by atoms with Crippen LogP contribution in [0, 0.1) is 0 Å². The SMILES string of the molecule is CC1(C)C(/C=C/C=C2/N(CCCCCC(=O)O)c3c(cc(S(=O)(=O)O)c4sc(S(=O)(=O)O)cc34)C2(C)C)=[N+](CCCS(=O)(=O)O)c2c1cc(S(=O)(=O)O)c1sc(S(=O)(=O)O)cc21. The number of unbranched alkanes of at least 4 members (excludes halogenated alkanes) is 2. The predicted molar refractivity (Wildman–Crippen MR) is 230 cm³/mol. The number of anilines is 1. The van der Waals surface area contributed by atoms with Crippen LogP contribution in [0.2, 0.25) is 0 Å². The van der Waals surface area contributed by atoms with Gasteiger partial charge < -0.3 is 10.0 Å². The topological polar surface area (TPSA) is 315 Å². The number of hydrogen-bond donors (Lipinski definition) is 6. The fourth-order valence-electron chi connectivity index (χ4n) is 8.06. The van der Waals surface area contributed by atoms with Crippen LogP contribution in [0.1, 0.15) is 70.9 Å². The molecule has 0 amide bonds. The number of benzene rings is 2. The van der Waals surface area contributed by atoms with Gasteiger partial charge in [0, 0.05) is 47.5 Å². The average Bonchev–Trinajstić information content (AvgIpc) is 3.84. The van der Waals surface area contributed by atoms with Crippen molar-refractivity contribution in [2.75, 3.05) is 23.7 Å². The maximum atomic E-state index is 12.7. The van der Waals surface area contributed by atoms with Crippen molar-refractivity contribution < 1.29 is 79.3 Å². The molecule has 2 aliphatic rings. The van der Waals surface area contributed by atoms with E-state index >= 15 is 0 Å². The Balaban J connectivity index is 1.59. The lowest BCUT2D eigenvalue weighted by Gasteiger charge is -2.27. The molecular weight excluding hydrogens is 957 g/mol. The first kappa shape index (κ1) is 47.8. The van der Waals surface area contributed by atoms with Gasteiger partial charge >= 0.3 is 26.2 Å².